The Bertz CT molecular complexity index is 4470. The van der Waals surface area contributed by atoms with Crippen LogP contribution in [0.25, 0.3) is 126 Å². The lowest BCUT2D eigenvalue weighted by atomic mass is 9.85. The van der Waals surface area contributed by atoms with Crippen LogP contribution in [0.3, 0.4) is 0 Å². The highest BCUT2D eigenvalue weighted by molar-refractivity contribution is 6.23. The number of rotatable bonds is 3. The van der Waals surface area contributed by atoms with Gasteiger partial charge in [-0.1, -0.05) is 192 Å². The van der Waals surface area contributed by atoms with Crippen LogP contribution < -0.4 is 0 Å². The van der Waals surface area contributed by atoms with E-state index in [-0.39, 0.29) is 21.7 Å². The fourth-order valence-electron chi connectivity index (χ4n) is 12.9. The van der Waals surface area contributed by atoms with Gasteiger partial charge >= 0.3 is 0 Å². The lowest BCUT2D eigenvalue weighted by Gasteiger charge is -2.19. The second-order valence-electron chi connectivity index (χ2n) is 26.3. The van der Waals surface area contributed by atoms with Gasteiger partial charge in [0.25, 0.3) is 0 Å². The van der Waals surface area contributed by atoms with Crippen molar-refractivity contribution in [3.63, 3.8) is 0 Å². The van der Waals surface area contributed by atoms with E-state index in [0.29, 0.717) is 0 Å². The van der Waals surface area contributed by atoms with Gasteiger partial charge in [-0.15, -0.1) is 0 Å². The van der Waals surface area contributed by atoms with Gasteiger partial charge in [0, 0.05) is 49.1 Å². The average molecular weight is 998 g/mol. The largest absolute Gasteiger partial charge is 0.309 e. The molecule has 14 rings (SSSR count). The SMILES string of the molecule is CC(C)(C)c1ccc2c(c1)c1cc(C(C)(C)C)ccc1n2-c1ccc2c3ccc(-n4c5ccc(C(C)(C)C)cc5c5cc(C(C)(C)C)ccc54)cc3n(-c3cccc4c3ccc3c4ccc4c5ccccc5ccc43)c2c1. The van der Waals surface area contributed by atoms with E-state index in [9.17, 15) is 0 Å². The molecule has 0 aliphatic rings. The first-order valence-corrected chi connectivity index (χ1v) is 27.7. The molecule has 11 aromatic carbocycles. The van der Waals surface area contributed by atoms with E-state index in [1.165, 1.54) is 131 Å². The Morgan fingerprint density at radius 3 is 0.974 bits per heavy atom. The molecular formula is C74H67N3. The molecule has 3 heterocycles. The first-order valence-electron chi connectivity index (χ1n) is 27.7. The Hall–Kier alpha value is -8.14. The molecule has 0 atom stereocenters. The Morgan fingerprint density at radius 2 is 0.558 bits per heavy atom. The van der Waals surface area contributed by atoms with Gasteiger partial charge < -0.3 is 13.7 Å². The summed E-state index contributed by atoms with van der Waals surface area (Å²) in [6.45, 7) is 27.8. The summed E-state index contributed by atoms with van der Waals surface area (Å²) in [5.74, 6) is 0. The van der Waals surface area contributed by atoms with Crippen molar-refractivity contribution in [1.82, 2.24) is 13.7 Å². The molecule has 0 fully saturated rings. The smallest absolute Gasteiger partial charge is 0.0562 e. The highest BCUT2D eigenvalue weighted by atomic mass is 15.0. The fourth-order valence-corrected chi connectivity index (χ4v) is 12.9. The molecule has 3 heteroatoms. The van der Waals surface area contributed by atoms with Crippen molar-refractivity contribution in [1.29, 1.82) is 0 Å². The van der Waals surface area contributed by atoms with Gasteiger partial charge in [0.2, 0.25) is 0 Å². The molecule has 0 amide bonds. The zero-order chi connectivity index (χ0) is 53.2. The fraction of sp³-hybridized carbons (Fsp3) is 0.216. The van der Waals surface area contributed by atoms with Gasteiger partial charge in [-0.3, -0.25) is 0 Å². The maximum atomic E-state index is 2.58. The summed E-state index contributed by atoms with van der Waals surface area (Å²) in [6.07, 6.45) is 0. The highest BCUT2D eigenvalue weighted by Crippen LogP contribution is 2.44. The molecule has 0 bridgehead atoms. The summed E-state index contributed by atoms with van der Waals surface area (Å²) < 4.78 is 7.60. The van der Waals surface area contributed by atoms with Crippen LogP contribution in [-0.4, -0.2) is 13.7 Å². The molecule has 0 aliphatic heterocycles. The number of hydrogen-bond acceptors (Lipinski definition) is 0. The minimum atomic E-state index is 0.0121. The van der Waals surface area contributed by atoms with Crippen molar-refractivity contribution in [3.8, 4) is 17.1 Å². The molecule has 0 unspecified atom stereocenters. The summed E-state index contributed by atoms with van der Waals surface area (Å²) in [5.41, 5.74) is 16.1. The third-order valence-electron chi connectivity index (χ3n) is 17.2. The third kappa shape index (κ3) is 7.22. The van der Waals surface area contributed by atoms with E-state index in [1.807, 2.05) is 0 Å². The topological polar surface area (TPSA) is 14.8 Å². The second-order valence-corrected chi connectivity index (χ2v) is 26.3. The minimum absolute atomic E-state index is 0.0121. The number of nitrogens with zero attached hydrogens (tertiary/aromatic N) is 3. The van der Waals surface area contributed by atoms with Crippen LogP contribution in [0.1, 0.15) is 105 Å². The Balaban J connectivity index is 1.07. The van der Waals surface area contributed by atoms with Crippen molar-refractivity contribution < 1.29 is 0 Å². The number of fused-ring (bicyclic) bond motifs is 16. The summed E-state index contributed by atoms with van der Waals surface area (Å²) in [5, 5.41) is 17.8. The van der Waals surface area contributed by atoms with E-state index >= 15 is 0 Å². The molecule has 3 aromatic heterocycles. The normalized spacial score (nSPS) is 13.2. The Morgan fingerprint density at radius 1 is 0.221 bits per heavy atom. The van der Waals surface area contributed by atoms with Gasteiger partial charge in [0.1, 0.15) is 0 Å². The quantitative estimate of drug-likeness (QED) is 0.157. The van der Waals surface area contributed by atoms with Crippen molar-refractivity contribution in [2.24, 2.45) is 0 Å². The van der Waals surface area contributed by atoms with Gasteiger partial charge in [0.15, 0.2) is 0 Å². The first-order chi connectivity index (χ1) is 36.7. The van der Waals surface area contributed by atoms with Crippen molar-refractivity contribution in [2.45, 2.75) is 105 Å². The van der Waals surface area contributed by atoms with E-state index < -0.39 is 0 Å². The summed E-state index contributed by atoms with van der Waals surface area (Å²) in [4.78, 5) is 0. The molecule has 0 N–H and O–H groups in total. The molecule has 0 saturated carbocycles. The molecule has 378 valence electrons. The zero-order valence-electron chi connectivity index (χ0n) is 46.7. The summed E-state index contributed by atoms with van der Waals surface area (Å²) in [6, 6.07) is 72.7. The van der Waals surface area contributed by atoms with Crippen LogP contribution in [-0.2, 0) is 21.7 Å². The first kappa shape index (κ1) is 47.3. The molecule has 77 heavy (non-hydrogen) atoms. The molecule has 0 spiro atoms. The number of benzene rings is 11. The molecule has 0 radical (unpaired) electrons. The van der Waals surface area contributed by atoms with Crippen molar-refractivity contribution >= 4 is 109 Å². The van der Waals surface area contributed by atoms with Crippen LogP contribution in [0, 0.1) is 0 Å². The van der Waals surface area contributed by atoms with Crippen molar-refractivity contribution in [3.05, 3.63) is 210 Å². The zero-order valence-corrected chi connectivity index (χ0v) is 46.7. The monoisotopic (exact) mass is 998 g/mol. The standard InChI is InChI=1S/C74H67N3/c1-71(2,3)45-21-34-65-60(38-45)61-39-46(72(4,5)6)22-35-66(61)75(65)49-25-28-58-59-29-26-50(76-67-36-23-47(73(7,8)9)40-62(67)63-41-48(74(10,11)12)24-37-68(63)76)43-70(59)77(69(58)42-49)64-19-15-18-52-55-31-30-53-51-17-14-13-16-44(51)20-27-54(53)56(55)32-33-57(52)64/h13-43H,1-12H3. The maximum Gasteiger partial charge on any atom is 0.0562 e. The summed E-state index contributed by atoms with van der Waals surface area (Å²) >= 11 is 0. The van der Waals surface area contributed by atoms with Crippen molar-refractivity contribution in [2.75, 3.05) is 0 Å². The molecule has 0 aliphatic carbocycles. The third-order valence-corrected chi connectivity index (χ3v) is 17.2. The van der Waals surface area contributed by atoms with Crippen LogP contribution in [0.2, 0.25) is 0 Å². The predicted octanol–water partition coefficient (Wildman–Crippen LogP) is 20.8. The molecule has 3 nitrogen and oxygen atoms in total. The lowest BCUT2D eigenvalue weighted by Crippen LogP contribution is -2.10. The highest BCUT2D eigenvalue weighted by Gasteiger charge is 2.25. The van der Waals surface area contributed by atoms with E-state index in [4.69, 9.17) is 0 Å². The van der Waals surface area contributed by atoms with Crippen LogP contribution in [0.15, 0.2) is 188 Å². The average Bonchev–Trinajstić information content (AvgIpc) is 4.25. The van der Waals surface area contributed by atoms with Gasteiger partial charge in [-0.2, -0.15) is 0 Å². The number of hydrogen-bond donors (Lipinski definition) is 0. The lowest BCUT2D eigenvalue weighted by molar-refractivity contribution is 0.590. The van der Waals surface area contributed by atoms with E-state index in [0.717, 1.165) is 17.1 Å². The van der Waals surface area contributed by atoms with Crippen LogP contribution in [0.4, 0.5) is 0 Å². The second kappa shape index (κ2) is 16.2. The Labute approximate surface area is 452 Å². The maximum absolute atomic E-state index is 2.58. The van der Waals surface area contributed by atoms with Crippen LogP contribution >= 0.6 is 0 Å². The number of aromatic nitrogens is 3. The van der Waals surface area contributed by atoms with Gasteiger partial charge in [0.05, 0.1) is 38.8 Å². The predicted molar refractivity (Wildman–Crippen MR) is 334 cm³/mol. The van der Waals surface area contributed by atoms with E-state index in [2.05, 4.69) is 285 Å². The summed E-state index contributed by atoms with van der Waals surface area (Å²) in [7, 11) is 0. The van der Waals surface area contributed by atoms with E-state index in [1.54, 1.807) is 0 Å². The molecular weight excluding hydrogens is 931 g/mol. The van der Waals surface area contributed by atoms with Gasteiger partial charge in [-0.05, 0) is 160 Å². The Kier molecular flexibility index (Phi) is 9.95. The van der Waals surface area contributed by atoms with Gasteiger partial charge in [-0.25, -0.2) is 0 Å². The van der Waals surface area contributed by atoms with Crippen LogP contribution in [0.5, 0.6) is 0 Å². The molecule has 14 aromatic rings. The minimum Gasteiger partial charge on any atom is -0.309 e. The molecule has 0 saturated heterocycles.